The first-order valence-corrected chi connectivity index (χ1v) is 8.89. The molecule has 0 atom stereocenters. The highest BCUT2D eigenvalue weighted by Gasteiger charge is 2.09. The molecule has 0 spiro atoms. The first-order chi connectivity index (χ1) is 13.4. The maximum Gasteiger partial charge on any atom is 0.257 e. The quantitative estimate of drug-likeness (QED) is 0.607. The molecule has 1 heterocycles. The Balaban J connectivity index is 1.71. The van der Waals surface area contributed by atoms with E-state index >= 15 is 0 Å². The topological polar surface area (TPSA) is 83.1 Å². The first kappa shape index (κ1) is 19.1. The van der Waals surface area contributed by atoms with Gasteiger partial charge in [-0.2, -0.15) is 0 Å². The van der Waals surface area contributed by atoms with Gasteiger partial charge in [0.25, 0.3) is 5.91 Å². The van der Waals surface area contributed by atoms with Crippen molar-refractivity contribution in [2.75, 3.05) is 16.0 Å². The Morgan fingerprint density at radius 2 is 1.54 bits per heavy atom. The Morgan fingerprint density at radius 3 is 2.21 bits per heavy atom. The number of pyridine rings is 1. The third-order valence-electron chi connectivity index (χ3n) is 4.12. The van der Waals surface area contributed by atoms with Gasteiger partial charge in [0.2, 0.25) is 5.91 Å². The summed E-state index contributed by atoms with van der Waals surface area (Å²) in [6.07, 6.45) is 3.18. The van der Waals surface area contributed by atoms with E-state index in [4.69, 9.17) is 0 Å². The lowest BCUT2D eigenvalue weighted by atomic mass is 10.1. The number of carbonyl (C=O) groups excluding carboxylic acids is 2. The smallest absolute Gasteiger partial charge is 0.257 e. The molecule has 0 aliphatic rings. The summed E-state index contributed by atoms with van der Waals surface area (Å²) in [5.74, 6) is -0.337. The van der Waals surface area contributed by atoms with Crippen LogP contribution < -0.4 is 16.0 Å². The van der Waals surface area contributed by atoms with Crippen molar-refractivity contribution in [2.24, 2.45) is 0 Å². The second-order valence-electron chi connectivity index (χ2n) is 6.62. The average molecular weight is 374 g/mol. The Labute approximate surface area is 164 Å². The number of aromatic nitrogens is 1. The van der Waals surface area contributed by atoms with Gasteiger partial charge in [-0.3, -0.25) is 14.6 Å². The highest BCUT2D eigenvalue weighted by atomic mass is 16.2. The zero-order valence-electron chi connectivity index (χ0n) is 16.0. The van der Waals surface area contributed by atoms with Gasteiger partial charge in [-0.1, -0.05) is 17.7 Å². The number of nitrogens with one attached hydrogen (secondary N) is 3. The first-order valence-electron chi connectivity index (χ1n) is 8.89. The fourth-order valence-corrected chi connectivity index (χ4v) is 2.79. The van der Waals surface area contributed by atoms with Crippen LogP contribution in [0.2, 0.25) is 0 Å². The number of hydrogen-bond donors (Lipinski definition) is 3. The van der Waals surface area contributed by atoms with E-state index < -0.39 is 0 Å². The van der Waals surface area contributed by atoms with E-state index in [1.54, 1.807) is 24.4 Å². The SMILES string of the molecule is CC(=O)Nc1ccc(Nc2cncc(C(=O)Nc3ccc(C)cc3C)c2)cc1. The van der Waals surface area contributed by atoms with Crippen molar-refractivity contribution in [1.82, 2.24) is 4.98 Å². The van der Waals surface area contributed by atoms with Crippen LogP contribution in [-0.2, 0) is 4.79 Å². The minimum atomic E-state index is -0.218. The maximum absolute atomic E-state index is 12.6. The molecule has 0 bridgehead atoms. The standard InChI is InChI=1S/C22H22N4O2/c1-14-4-9-21(15(2)10-14)26-22(28)17-11-20(13-23-12-17)25-19-7-5-18(6-8-19)24-16(3)27/h4-13,25H,1-3H3,(H,24,27)(H,26,28). The molecular weight excluding hydrogens is 352 g/mol. The van der Waals surface area contributed by atoms with Crippen LogP contribution in [0.25, 0.3) is 0 Å². The van der Waals surface area contributed by atoms with Crippen molar-refractivity contribution in [1.29, 1.82) is 0 Å². The van der Waals surface area contributed by atoms with E-state index in [2.05, 4.69) is 20.9 Å². The summed E-state index contributed by atoms with van der Waals surface area (Å²) in [5, 5.41) is 8.85. The van der Waals surface area contributed by atoms with Crippen molar-refractivity contribution in [3.05, 3.63) is 77.6 Å². The molecular formula is C22H22N4O2. The number of carbonyl (C=O) groups is 2. The van der Waals surface area contributed by atoms with Crippen LogP contribution >= 0.6 is 0 Å². The highest BCUT2D eigenvalue weighted by molar-refractivity contribution is 6.05. The van der Waals surface area contributed by atoms with Crippen LogP contribution in [0.3, 0.4) is 0 Å². The Kier molecular flexibility index (Phi) is 5.69. The molecule has 0 saturated carbocycles. The minimum Gasteiger partial charge on any atom is -0.354 e. The van der Waals surface area contributed by atoms with Crippen LogP contribution in [0.15, 0.2) is 60.9 Å². The third kappa shape index (κ3) is 4.94. The molecule has 2 amide bonds. The summed E-state index contributed by atoms with van der Waals surface area (Å²) >= 11 is 0. The average Bonchev–Trinajstić information content (AvgIpc) is 2.65. The maximum atomic E-state index is 12.6. The largest absolute Gasteiger partial charge is 0.354 e. The number of hydrogen-bond acceptors (Lipinski definition) is 4. The lowest BCUT2D eigenvalue weighted by Crippen LogP contribution is -2.13. The molecule has 3 N–H and O–H groups in total. The van der Waals surface area contributed by atoms with Crippen molar-refractivity contribution < 1.29 is 9.59 Å². The molecule has 0 radical (unpaired) electrons. The van der Waals surface area contributed by atoms with Gasteiger partial charge in [-0.15, -0.1) is 0 Å². The van der Waals surface area contributed by atoms with Crippen LogP contribution in [0.5, 0.6) is 0 Å². The summed E-state index contributed by atoms with van der Waals surface area (Å²) in [6, 6.07) is 14.9. The molecule has 0 saturated heterocycles. The van der Waals surface area contributed by atoms with E-state index in [1.165, 1.54) is 13.1 Å². The lowest BCUT2D eigenvalue weighted by Gasteiger charge is -2.11. The van der Waals surface area contributed by atoms with Crippen molar-refractivity contribution >= 4 is 34.6 Å². The summed E-state index contributed by atoms with van der Waals surface area (Å²) in [5.41, 5.74) is 5.63. The molecule has 28 heavy (non-hydrogen) atoms. The fourth-order valence-electron chi connectivity index (χ4n) is 2.79. The van der Waals surface area contributed by atoms with Crippen molar-refractivity contribution in [3.8, 4) is 0 Å². The monoisotopic (exact) mass is 374 g/mol. The number of nitrogens with zero attached hydrogens (tertiary/aromatic N) is 1. The Hall–Kier alpha value is -3.67. The lowest BCUT2D eigenvalue weighted by molar-refractivity contribution is -0.114. The van der Waals surface area contributed by atoms with Gasteiger partial charge in [-0.25, -0.2) is 0 Å². The zero-order chi connectivity index (χ0) is 20.1. The molecule has 0 unspecified atom stereocenters. The van der Waals surface area contributed by atoms with Crippen molar-refractivity contribution in [2.45, 2.75) is 20.8 Å². The van der Waals surface area contributed by atoms with Gasteiger partial charge in [-0.05, 0) is 55.8 Å². The number of rotatable bonds is 5. The van der Waals surface area contributed by atoms with E-state index in [1.807, 2.05) is 44.2 Å². The second-order valence-corrected chi connectivity index (χ2v) is 6.62. The van der Waals surface area contributed by atoms with Gasteiger partial charge in [0.05, 0.1) is 17.4 Å². The number of aryl methyl sites for hydroxylation is 2. The number of amides is 2. The predicted molar refractivity (Wildman–Crippen MR) is 112 cm³/mol. The molecule has 6 heteroatoms. The Bertz CT molecular complexity index is 1010. The van der Waals surface area contributed by atoms with E-state index in [0.717, 1.165) is 28.2 Å². The van der Waals surface area contributed by atoms with E-state index in [-0.39, 0.29) is 11.8 Å². The highest BCUT2D eigenvalue weighted by Crippen LogP contribution is 2.21. The van der Waals surface area contributed by atoms with Crippen LogP contribution in [0, 0.1) is 13.8 Å². The zero-order valence-corrected chi connectivity index (χ0v) is 16.0. The third-order valence-corrected chi connectivity index (χ3v) is 4.12. The number of benzene rings is 2. The summed E-state index contributed by atoms with van der Waals surface area (Å²) < 4.78 is 0. The number of anilines is 4. The molecule has 6 nitrogen and oxygen atoms in total. The van der Waals surface area contributed by atoms with Crippen LogP contribution in [0.4, 0.5) is 22.7 Å². The fraction of sp³-hybridized carbons (Fsp3) is 0.136. The predicted octanol–water partition coefficient (Wildman–Crippen LogP) is 4.65. The molecule has 2 aromatic carbocycles. The molecule has 3 aromatic rings. The molecule has 0 aliphatic carbocycles. The molecule has 0 fully saturated rings. The molecule has 0 aliphatic heterocycles. The molecule has 3 rings (SSSR count). The van der Waals surface area contributed by atoms with Gasteiger partial charge in [0.15, 0.2) is 0 Å². The summed E-state index contributed by atoms with van der Waals surface area (Å²) in [7, 11) is 0. The van der Waals surface area contributed by atoms with E-state index in [0.29, 0.717) is 11.3 Å². The second kappa shape index (κ2) is 8.35. The van der Waals surface area contributed by atoms with Gasteiger partial charge in [0.1, 0.15) is 0 Å². The van der Waals surface area contributed by atoms with Crippen molar-refractivity contribution in [3.63, 3.8) is 0 Å². The van der Waals surface area contributed by atoms with Gasteiger partial charge >= 0.3 is 0 Å². The van der Waals surface area contributed by atoms with Gasteiger partial charge < -0.3 is 16.0 Å². The van der Waals surface area contributed by atoms with Crippen LogP contribution in [0.1, 0.15) is 28.4 Å². The van der Waals surface area contributed by atoms with Crippen LogP contribution in [-0.4, -0.2) is 16.8 Å². The molecule has 1 aromatic heterocycles. The summed E-state index contributed by atoms with van der Waals surface area (Å²) in [6.45, 7) is 5.44. The minimum absolute atomic E-state index is 0.118. The van der Waals surface area contributed by atoms with E-state index in [9.17, 15) is 9.59 Å². The Morgan fingerprint density at radius 1 is 0.821 bits per heavy atom. The normalized spacial score (nSPS) is 10.2. The molecule has 142 valence electrons. The summed E-state index contributed by atoms with van der Waals surface area (Å²) in [4.78, 5) is 27.8. The van der Waals surface area contributed by atoms with Gasteiger partial charge in [0, 0.05) is 30.2 Å².